The molecule has 0 spiro atoms. The Morgan fingerprint density at radius 3 is 2.36 bits per heavy atom. The Bertz CT molecular complexity index is 172. The van der Waals surface area contributed by atoms with Crippen molar-refractivity contribution < 1.29 is 0 Å². The van der Waals surface area contributed by atoms with Crippen molar-refractivity contribution in [3.05, 3.63) is 11.6 Å². The first-order valence-corrected chi connectivity index (χ1v) is 6.43. The third-order valence-corrected chi connectivity index (χ3v) is 3.66. The second kappa shape index (κ2) is 6.27. The Morgan fingerprint density at radius 1 is 1.29 bits per heavy atom. The normalized spacial score (nSPS) is 22.6. The van der Waals surface area contributed by atoms with Crippen LogP contribution >= 0.6 is 0 Å². The maximum atomic E-state index is 2.48. The van der Waals surface area contributed by atoms with Crippen LogP contribution in [0.15, 0.2) is 11.6 Å². The number of allylic oxidation sites excluding steroid dienone is 2. The van der Waals surface area contributed by atoms with Crippen molar-refractivity contribution in [3.8, 4) is 0 Å². The molecule has 0 radical (unpaired) electrons. The molecule has 0 aromatic rings. The molecule has 0 saturated carbocycles. The Labute approximate surface area is 89.8 Å². The molecule has 0 heterocycles. The molecule has 0 fully saturated rings. The molecule has 0 aromatic carbocycles. The second-order valence-corrected chi connectivity index (χ2v) is 4.92. The van der Waals surface area contributed by atoms with Gasteiger partial charge in [0.05, 0.1) is 0 Å². The summed E-state index contributed by atoms with van der Waals surface area (Å²) in [5.41, 5.74) is 1.62. The highest BCUT2D eigenvalue weighted by molar-refractivity contribution is 5.03. The first-order valence-electron chi connectivity index (χ1n) is 6.43. The van der Waals surface area contributed by atoms with Crippen molar-refractivity contribution in [2.45, 2.75) is 65.7 Å². The molecule has 1 aliphatic carbocycles. The minimum Gasteiger partial charge on any atom is -0.0853 e. The predicted molar refractivity (Wildman–Crippen MR) is 64.4 cm³/mol. The fourth-order valence-corrected chi connectivity index (χ4v) is 2.77. The molecule has 0 aliphatic heterocycles. The van der Waals surface area contributed by atoms with Gasteiger partial charge in [-0.3, -0.25) is 0 Å². The van der Waals surface area contributed by atoms with Gasteiger partial charge in [-0.15, -0.1) is 0 Å². The quantitative estimate of drug-likeness (QED) is 0.543. The van der Waals surface area contributed by atoms with Gasteiger partial charge in [-0.1, -0.05) is 51.2 Å². The third-order valence-electron chi connectivity index (χ3n) is 3.66. The summed E-state index contributed by atoms with van der Waals surface area (Å²) in [5, 5.41) is 0. The van der Waals surface area contributed by atoms with Gasteiger partial charge in [0.2, 0.25) is 0 Å². The van der Waals surface area contributed by atoms with Gasteiger partial charge in [0.15, 0.2) is 0 Å². The van der Waals surface area contributed by atoms with Crippen molar-refractivity contribution in [2.24, 2.45) is 11.8 Å². The van der Waals surface area contributed by atoms with Crippen LogP contribution in [-0.2, 0) is 0 Å². The van der Waals surface area contributed by atoms with Crippen LogP contribution in [0.3, 0.4) is 0 Å². The number of hydrogen-bond donors (Lipinski definition) is 0. The van der Waals surface area contributed by atoms with E-state index in [4.69, 9.17) is 0 Å². The van der Waals surface area contributed by atoms with E-state index in [1.54, 1.807) is 5.57 Å². The Hall–Kier alpha value is -0.260. The van der Waals surface area contributed by atoms with Crippen LogP contribution in [0, 0.1) is 11.8 Å². The van der Waals surface area contributed by atoms with E-state index in [1.165, 1.54) is 44.9 Å². The van der Waals surface area contributed by atoms with Gasteiger partial charge in [-0.05, 0) is 38.0 Å². The second-order valence-electron chi connectivity index (χ2n) is 4.92. The maximum absolute atomic E-state index is 2.48. The minimum absolute atomic E-state index is 0.999. The molecule has 0 saturated heterocycles. The standard InChI is InChI=1S/C14H26/c1-4-6-13(7-5-2)14-10-8-12(3)9-11-14/h8,13-14H,4-7,9-11H2,1-3H3. The van der Waals surface area contributed by atoms with E-state index in [0.717, 1.165) is 11.8 Å². The zero-order chi connectivity index (χ0) is 10.4. The van der Waals surface area contributed by atoms with E-state index >= 15 is 0 Å². The van der Waals surface area contributed by atoms with E-state index in [9.17, 15) is 0 Å². The summed E-state index contributed by atoms with van der Waals surface area (Å²) in [4.78, 5) is 0. The third kappa shape index (κ3) is 3.48. The molecular weight excluding hydrogens is 168 g/mol. The molecular formula is C14H26. The average Bonchev–Trinajstić information content (AvgIpc) is 2.19. The Balaban J connectivity index is 2.43. The maximum Gasteiger partial charge on any atom is -0.0317 e. The lowest BCUT2D eigenvalue weighted by molar-refractivity contribution is 0.267. The molecule has 0 amide bonds. The molecule has 0 nitrogen and oxygen atoms in total. The largest absolute Gasteiger partial charge is 0.0853 e. The molecule has 0 aromatic heterocycles. The van der Waals surface area contributed by atoms with E-state index in [-0.39, 0.29) is 0 Å². The van der Waals surface area contributed by atoms with Crippen LogP contribution in [-0.4, -0.2) is 0 Å². The highest BCUT2D eigenvalue weighted by Gasteiger charge is 2.21. The monoisotopic (exact) mass is 194 g/mol. The summed E-state index contributed by atoms with van der Waals surface area (Å²) in [6.07, 6.45) is 12.3. The van der Waals surface area contributed by atoms with Gasteiger partial charge in [-0.25, -0.2) is 0 Å². The van der Waals surface area contributed by atoms with Crippen LogP contribution in [0.2, 0.25) is 0 Å². The topological polar surface area (TPSA) is 0 Å². The van der Waals surface area contributed by atoms with E-state index in [2.05, 4.69) is 26.8 Å². The fraction of sp³-hybridized carbons (Fsp3) is 0.857. The van der Waals surface area contributed by atoms with Crippen molar-refractivity contribution in [2.75, 3.05) is 0 Å². The summed E-state index contributed by atoms with van der Waals surface area (Å²) in [6.45, 7) is 6.93. The molecule has 0 heteroatoms. The SMILES string of the molecule is CCCC(CCC)C1CC=C(C)CC1. The minimum atomic E-state index is 0.999. The fourth-order valence-electron chi connectivity index (χ4n) is 2.77. The van der Waals surface area contributed by atoms with Gasteiger partial charge in [0.1, 0.15) is 0 Å². The van der Waals surface area contributed by atoms with Crippen LogP contribution in [0.4, 0.5) is 0 Å². The van der Waals surface area contributed by atoms with E-state index in [1.807, 2.05) is 0 Å². The van der Waals surface area contributed by atoms with E-state index < -0.39 is 0 Å². The lowest BCUT2D eigenvalue weighted by atomic mass is 9.77. The lowest BCUT2D eigenvalue weighted by Crippen LogP contribution is -2.17. The van der Waals surface area contributed by atoms with Gasteiger partial charge < -0.3 is 0 Å². The molecule has 14 heavy (non-hydrogen) atoms. The van der Waals surface area contributed by atoms with Crippen LogP contribution in [0.25, 0.3) is 0 Å². The van der Waals surface area contributed by atoms with Crippen molar-refractivity contribution in [1.29, 1.82) is 0 Å². The smallest absolute Gasteiger partial charge is 0.0317 e. The Morgan fingerprint density at radius 2 is 1.93 bits per heavy atom. The molecule has 1 rings (SSSR count). The average molecular weight is 194 g/mol. The molecule has 0 bridgehead atoms. The molecule has 1 atom stereocenters. The highest BCUT2D eigenvalue weighted by Crippen LogP contribution is 2.34. The van der Waals surface area contributed by atoms with Crippen LogP contribution in [0.5, 0.6) is 0 Å². The zero-order valence-electron chi connectivity index (χ0n) is 10.2. The summed E-state index contributed by atoms with van der Waals surface area (Å²) >= 11 is 0. The Kier molecular flexibility index (Phi) is 5.29. The molecule has 82 valence electrons. The molecule has 1 aliphatic rings. The van der Waals surface area contributed by atoms with Crippen molar-refractivity contribution in [1.82, 2.24) is 0 Å². The first-order chi connectivity index (χ1) is 6.77. The summed E-state index contributed by atoms with van der Waals surface area (Å²) in [6, 6.07) is 0. The molecule has 0 N–H and O–H groups in total. The van der Waals surface area contributed by atoms with Gasteiger partial charge in [0, 0.05) is 0 Å². The van der Waals surface area contributed by atoms with Gasteiger partial charge in [0.25, 0.3) is 0 Å². The van der Waals surface area contributed by atoms with Crippen molar-refractivity contribution >= 4 is 0 Å². The number of hydrogen-bond acceptors (Lipinski definition) is 0. The highest BCUT2D eigenvalue weighted by atomic mass is 14.3. The predicted octanol–water partition coefficient (Wildman–Crippen LogP) is 4.95. The van der Waals surface area contributed by atoms with Crippen LogP contribution in [0.1, 0.15) is 65.7 Å². The van der Waals surface area contributed by atoms with Crippen LogP contribution < -0.4 is 0 Å². The number of rotatable bonds is 5. The van der Waals surface area contributed by atoms with E-state index in [0.29, 0.717) is 0 Å². The first kappa shape index (κ1) is 11.8. The summed E-state index contributed by atoms with van der Waals surface area (Å²) in [5.74, 6) is 2.01. The van der Waals surface area contributed by atoms with Crippen molar-refractivity contribution in [3.63, 3.8) is 0 Å². The zero-order valence-corrected chi connectivity index (χ0v) is 10.2. The molecule has 1 unspecified atom stereocenters. The van der Waals surface area contributed by atoms with Gasteiger partial charge >= 0.3 is 0 Å². The van der Waals surface area contributed by atoms with Gasteiger partial charge in [-0.2, -0.15) is 0 Å². The summed E-state index contributed by atoms with van der Waals surface area (Å²) < 4.78 is 0. The lowest BCUT2D eigenvalue weighted by Gasteiger charge is -2.29. The summed E-state index contributed by atoms with van der Waals surface area (Å²) in [7, 11) is 0.